The number of amides is 4. The Balaban J connectivity index is 0.000000300. The number of aromatic nitrogens is 12. The molecule has 4 aliphatic rings. The maximum Gasteiger partial charge on any atom is 1.00 e. The van der Waals surface area contributed by atoms with Gasteiger partial charge in [-0.1, -0.05) is 222 Å². The molecule has 0 aliphatic carbocycles. The number of nitrogen functional groups attached to an aromatic ring is 2. The summed E-state index contributed by atoms with van der Waals surface area (Å²) < 4.78 is 36.5. The summed E-state index contributed by atoms with van der Waals surface area (Å²) in [6.45, 7) is 16.2. The molecule has 6 aromatic heterocycles. The van der Waals surface area contributed by atoms with E-state index in [0.29, 0.717) is 68.9 Å². The van der Waals surface area contributed by atoms with Crippen LogP contribution >= 0.6 is 39.1 Å². The molecule has 0 saturated carbocycles. The second kappa shape index (κ2) is 64.5. The molecule has 4 amide bonds. The number of carbonyl (C=O) groups excluding carboxylic acids is 5. The summed E-state index contributed by atoms with van der Waals surface area (Å²) in [5.41, 5.74) is 15.7. The molecule has 0 radical (unpaired) electrons. The van der Waals surface area contributed by atoms with Crippen LogP contribution in [0.1, 0.15) is 179 Å². The molecule has 13 N–H and O–H groups in total. The average Bonchev–Trinajstić information content (AvgIpc) is 1.60. The maximum absolute atomic E-state index is 12.3. The molecule has 0 bridgehead atoms. The third kappa shape index (κ3) is 38.3. The minimum Gasteiger partial charge on any atom is -1.00 e. The fourth-order valence-corrected chi connectivity index (χ4v) is 16.0. The van der Waals surface area contributed by atoms with Gasteiger partial charge in [0.05, 0.1) is 117 Å². The van der Waals surface area contributed by atoms with E-state index in [-0.39, 0.29) is 216 Å². The monoisotopic (exact) mass is 2160 g/mol. The number of benzene rings is 7. The van der Waals surface area contributed by atoms with Crippen LogP contribution in [0.4, 0.5) is 34.1 Å². The van der Waals surface area contributed by atoms with Gasteiger partial charge >= 0.3 is 103 Å². The first-order valence-electron chi connectivity index (χ1n) is 45.7. The molecule has 4 aliphatic heterocycles. The molecule has 4 saturated heterocycles. The van der Waals surface area contributed by atoms with Gasteiger partial charge in [0.25, 0.3) is 63.5 Å². The standard InChI is InChI=1S/C21H19BrO2.2C18H21N3O3.C16H17N3O5.C11H9N3O2.C7H13ClO.C4H4ClN3O.C4H5N3O.C2H6.CH2O3.2K.H/c1-23-19-12-8-17(9-13-19)21(22,16-6-4-3-5-7-16)18-10-14-20(24-2)15-11-18;2*1-3-15-12(2)9-17(24-15)21-16(22)10-14(11-19-21)20-18(23)13-7-5-4-6-8-13;20-9-13-12(21)7-15(24-13)19-14(22)6-11(8-17-19)18-16(23)10-4-2-1-3-5-10;15-10-6-9(7-12-14-10)13-11(16)8-4-2-1-3-5-8;1-3-6-5(2)4-7(8)9-6;5-3-2(6)1-7-8-4(3)9;5-3-1-4(8)7-6-2-3;1-2;2-1-4-3;;;/h3-15H,1-2H3;2*4-8,10-12,15,17H,3,9H2,1-2H3,(H,20,23);1-6,8,12-13,15,20-21H,7,9H2,(H,18,23);1-7H,(H2,13,14,15,16);5-7H,3-4H2,1-2H3;1H,(H3,6,8,9);1-2H,(H3,5,7,8);1-2H3;1,3H;;;/q;;;;;;;;;;2*+1;-1/p-1. The van der Waals surface area contributed by atoms with E-state index in [1.54, 1.807) is 117 Å². The fraction of sp³-hybridized carbons (Fsp3) is 0.304. The smallest absolute Gasteiger partial charge is 1.00 e. The molecule has 12 unspecified atom stereocenters. The van der Waals surface area contributed by atoms with Crippen LogP contribution in [-0.4, -0.2) is 157 Å². The van der Waals surface area contributed by atoms with Gasteiger partial charge in [-0.15, -0.1) is 0 Å². The van der Waals surface area contributed by atoms with Crippen molar-refractivity contribution in [2.24, 2.45) is 17.8 Å². The summed E-state index contributed by atoms with van der Waals surface area (Å²) in [5.74, 6) is 1.97. The molecular weight excluding hydrogens is 2040 g/mol. The van der Waals surface area contributed by atoms with Gasteiger partial charge in [-0.2, -0.15) is 30.6 Å². The number of nitrogens with zero attached hydrogens (tertiary/aromatic N) is 9. The number of methoxy groups -OCH3 is 2. The molecule has 12 atom stereocenters. The van der Waals surface area contributed by atoms with E-state index in [1.165, 1.54) is 82.4 Å². The van der Waals surface area contributed by atoms with Gasteiger partial charge in [-0.3, -0.25) is 52.7 Å². The molecule has 44 heteroatoms. The number of halogens is 3. The van der Waals surface area contributed by atoms with Crippen LogP contribution in [0, 0.1) is 17.8 Å². The predicted molar refractivity (Wildman–Crippen MR) is 548 cm³/mol. The third-order valence-corrected chi connectivity index (χ3v) is 24.1. The average molecular weight is 2160 g/mol. The first-order valence-corrected chi connectivity index (χ1v) is 47.3. The van der Waals surface area contributed by atoms with Gasteiger partial charge in [0.2, 0.25) is 0 Å². The number of aromatic amines is 3. The minimum absolute atomic E-state index is 0. The van der Waals surface area contributed by atoms with Crippen LogP contribution in [0.2, 0.25) is 5.02 Å². The summed E-state index contributed by atoms with van der Waals surface area (Å²) in [6, 6.07) is 68.2. The second-order valence-corrected chi connectivity index (χ2v) is 34.1. The number of aliphatic hydroxyl groups excluding tert-OH is 2. The van der Waals surface area contributed by atoms with E-state index in [1.807, 2.05) is 62.4 Å². The van der Waals surface area contributed by atoms with Crippen molar-refractivity contribution in [1.29, 1.82) is 0 Å². The van der Waals surface area contributed by atoms with Crippen molar-refractivity contribution >= 4 is 103 Å². The summed E-state index contributed by atoms with van der Waals surface area (Å²) in [7, 11) is 3.36. The Morgan fingerprint density at radius 2 is 0.795 bits per heavy atom. The van der Waals surface area contributed by atoms with Crippen LogP contribution < -0.4 is 184 Å². The number of carbonyl (C=O) groups is 5. The molecule has 10 heterocycles. The molecule has 146 heavy (non-hydrogen) atoms. The van der Waals surface area contributed by atoms with Gasteiger partial charge in [-0.05, 0) is 146 Å². The van der Waals surface area contributed by atoms with E-state index >= 15 is 0 Å². The van der Waals surface area contributed by atoms with Crippen LogP contribution in [0.15, 0.2) is 296 Å². The van der Waals surface area contributed by atoms with Crippen molar-refractivity contribution in [3.05, 3.63) is 374 Å². The largest absolute Gasteiger partial charge is 1.00 e. The summed E-state index contributed by atoms with van der Waals surface area (Å²) in [5, 5.41) is 67.1. The Labute approximate surface area is 946 Å². The number of hydrogen-bond acceptors (Lipinski definition) is 29. The van der Waals surface area contributed by atoms with Crippen LogP contribution in [-0.2, 0) is 33.0 Å². The fourth-order valence-electron chi connectivity index (χ4n) is 14.7. The normalized spacial score (nSPS) is 18.3. The Bertz CT molecular complexity index is 6210. The number of H-pyrrole nitrogens is 3. The molecule has 17 rings (SSSR count). The van der Waals surface area contributed by atoms with Crippen molar-refractivity contribution in [2.75, 3.05) is 53.6 Å². The van der Waals surface area contributed by atoms with E-state index in [0.717, 1.165) is 65.8 Å². The molecule has 13 aromatic rings. The topological polar surface area (TPSA) is 556 Å². The summed E-state index contributed by atoms with van der Waals surface area (Å²) in [4.78, 5) is 128. The van der Waals surface area contributed by atoms with E-state index in [9.17, 15) is 53.1 Å². The van der Waals surface area contributed by atoms with Crippen LogP contribution in [0.25, 0.3) is 0 Å². The Morgan fingerprint density at radius 1 is 0.479 bits per heavy atom. The summed E-state index contributed by atoms with van der Waals surface area (Å²) in [6.07, 6.45) is 11.7. The van der Waals surface area contributed by atoms with Crippen molar-refractivity contribution in [1.82, 2.24) is 59.9 Å². The Morgan fingerprint density at radius 3 is 1.07 bits per heavy atom. The molecule has 764 valence electrons. The number of alkyl halides is 2. The zero-order valence-corrected chi connectivity index (χ0v) is 91.9. The molecule has 39 nitrogen and oxygen atoms in total. The Kier molecular flexibility index (Phi) is 54.4. The number of ether oxygens (including phenoxy) is 6. The van der Waals surface area contributed by atoms with E-state index in [2.05, 4.69) is 178 Å². The number of hydrogen-bond donors (Lipinski definition) is 11. The van der Waals surface area contributed by atoms with Crippen LogP contribution in [0.5, 0.6) is 11.5 Å². The van der Waals surface area contributed by atoms with Gasteiger partial charge in [0.15, 0.2) is 18.7 Å². The zero-order chi connectivity index (χ0) is 105. The molecule has 4 fully saturated rings. The van der Waals surface area contributed by atoms with Gasteiger partial charge < -0.3 is 82.9 Å². The van der Waals surface area contributed by atoms with Gasteiger partial charge in [0.1, 0.15) is 32.5 Å². The number of rotatable bonds is 21. The van der Waals surface area contributed by atoms with E-state index in [4.69, 9.17) is 78.2 Å². The molecule has 7 aromatic carbocycles. The number of nitrogens with two attached hydrogens (primary N) is 2. The third-order valence-electron chi connectivity index (χ3n) is 22.0. The zero-order valence-electron chi connectivity index (χ0n) is 83.5. The SMILES string of the molecule is CC.CCC1OC(Cl)CC1C.CCC1OC(n2ncc(NC(=O)c3ccccc3)cc2=O)CC1C.CCC1OC(n2ncc(NC(=O)c3ccccc3)cc2=O)CC1C.COc1ccc(C(Br)(c2ccccc2)c2ccc(OC)cc2)cc1.Nc1cn[nH]c(=O)c1.Nc1cn[nH]c(=O)c1Cl.O=C(Nc1cn[nH]c(=O)c1)c1ccccc1.O=C(Nc1cnn(C2CC(O)C(CO)O2)c(=O)c1)c1ccccc1.O=CO[O-].[H-].[K+].[K+]. The number of anilines is 6. The Hall–Kier alpha value is -11.6. The van der Waals surface area contributed by atoms with Crippen molar-refractivity contribution < 1.29 is 177 Å². The number of nitrogens with one attached hydrogen (secondary N) is 7. The second-order valence-electron chi connectivity index (χ2n) is 32.0. The summed E-state index contributed by atoms with van der Waals surface area (Å²) >= 11 is 15.1. The predicted octanol–water partition coefficient (Wildman–Crippen LogP) is 7.53. The minimum atomic E-state index is -0.855. The van der Waals surface area contributed by atoms with Gasteiger partial charge in [0, 0.05) is 59.0 Å². The van der Waals surface area contributed by atoms with Crippen LogP contribution in [0.3, 0.4) is 0 Å². The quantitative estimate of drug-likeness (QED) is 0.00826. The maximum atomic E-state index is 12.3. The van der Waals surface area contributed by atoms with Crippen molar-refractivity contribution in [3.63, 3.8) is 0 Å². The molecule has 0 spiro atoms. The van der Waals surface area contributed by atoms with Gasteiger partial charge in [-0.25, -0.2) is 29.3 Å². The van der Waals surface area contributed by atoms with E-state index < -0.39 is 33.9 Å². The van der Waals surface area contributed by atoms with Crippen molar-refractivity contribution in [2.45, 2.75) is 159 Å². The number of aliphatic hydroxyl groups is 2. The molecular formula is C102H117BrCl2K2N18O21. The van der Waals surface area contributed by atoms with Crippen molar-refractivity contribution in [3.8, 4) is 11.5 Å². The first-order chi connectivity index (χ1) is 69.3. The first kappa shape index (κ1) is 123.